The molecule has 0 fully saturated rings. The third-order valence-electron chi connectivity index (χ3n) is 4.70. The van der Waals surface area contributed by atoms with Crippen LogP contribution in [0.2, 0.25) is 0 Å². The summed E-state index contributed by atoms with van der Waals surface area (Å²) in [4.78, 5) is 12.7. The molecule has 1 heterocycles. The first-order chi connectivity index (χ1) is 12.2. The monoisotopic (exact) mass is 353 g/mol. The third kappa shape index (κ3) is 4.01. The van der Waals surface area contributed by atoms with Crippen LogP contribution in [0.1, 0.15) is 49.9 Å². The molecule has 2 aromatic rings. The van der Waals surface area contributed by atoms with Crippen LogP contribution in [0.5, 0.6) is 11.5 Å². The fourth-order valence-corrected chi connectivity index (χ4v) is 3.40. The molecule has 0 aliphatic carbocycles. The molecule has 0 radical (unpaired) electrons. The van der Waals surface area contributed by atoms with Crippen molar-refractivity contribution in [2.24, 2.45) is 0 Å². The van der Waals surface area contributed by atoms with Crippen LogP contribution in [0.25, 0.3) is 0 Å². The van der Waals surface area contributed by atoms with E-state index in [-0.39, 0.29) is 17.6 Å². The van der Waals surface area contributed by atoms with Gasteiger partial charge in [0.25, 0.3) is 5.91 Å². The fraction of sp³-hybridized carbons (Fsp3) is 0.409. The molecule has 0 saturated heterocycles. The highest BCUT2D eigenvalue weighted by Crippen LogP contribution is 2.39. The van der Waals surface area contributed by atoms with Gasteiger partial charge in [0.05, 0.1) is 6.04 Å². The molecule has 4 nitrogen and oxygen atoms in total. The van der Waals surface area contributed by atoms with Crippen molar-refractivity contribution in [3.63, 3.8) is 0 Å². The molecule has 26 heavy (non-hydrogen) atoms. The van der Waals surface area contributed by atoms with E-state index in [0.717, 1.165) is 22.6 Å². The van der Waals surface area contributed by atoms with Crippen LogP contribution in [-0.4, -0.2) is 17.6 Å². The van der Waals surface area contributed by atoms with Gasteiger partial charge in [0.15, 0.2) is 6.10 Å². The Bertz CT molecular complexity index is 813. The van der Waals surface area contributed by atoms with Crippen molar-refractivity contribution in [2.45, 2.75) is 58.8 Å². The highest BCUT2D eigenvalue weighted by Gasteiger charge is 2.35. The van der Waals surface area contributed by atoms with Crippen LogP contribution >= 0.6 is 0 Å². The fourth-order valence-electron chi connectivity index (χ4n) is 3.40. The molecule has 1 N–H and O–H groups in total. The van der Waals surface area contributed by atoms with E-state index in [4.69, 9.17) is 9.47 Å². The standard InChI is InChI=1S/C22H27NO3/c1-14-10-11-19(15(2)12-14)25-16(3)21(24)23-18-13-22(4,5)26-20-9-7-6-8-17(18)20/h6-12,16,18H,13H2,1-5H3,(H,23,24)/t16-,18-/m0/s1. The van der Waals surface area contributed by atoms with Crippen LogP contribution in [-0.2, 0) is 4.79 Å². The lowest BCUT2D eigenvalue weighted by atomic mass is 9.89. The Morgan fingerprint density at radius 2 is 1.96 bits per heavy atom. The normalized spacial score (nSPS) is 19.0. The van der Waals surface area contributed by atoms with Gasteiger partial charge in [-0.2, -0.15) is 0 Å². The number of para-hydroxylation sites is 1. The summed E-state index contributed by atoms with van der Waals surface area (Å²) in [7, 11) is 0. The summed E-state index contributed by atoms with van der Waals surface area (Å²) in [6.45, 7) is 9.89. The van der Waals surface area contributed by atoms with Crippen molar-refractivity contribution < 1.29 is 14.3 Å². The Labute approximate surface area is 155 Å². The molecular formula is C22H27NO3. The van der Waals surface area contributed by atoms with E-state index < -0.39 is 6.10 Å². The van der Waals surface area contributed by atoms with Gasteiger partial charge >= 0.3 is 0 Å². The smallest absolute Gasteiger partial charge is 0.261 e. The Hall–Kier alpha value is -2.49. The molecule has 2 aromatic carbocycles. The summed E-state index contributed by atoms with van der Waals surface area (Å²) in [6, 6.07) is 13.7. The van der Waals surface area contributed by atoms with Crippen molar-refractivity contribution in [1.29, 1.82) is 0 Å². The largest absolute Gasteiger partial charge is 0.487 e. The van der Waals surface area contributed by atoms with Crippen LogP contribution in [0, 0.1) is 13.8 Å². The van der Waals surface area contributed by atoms with Crippen molar-refractivity contribution >= 4 is 5.91 Å². The number of nitrogens with one attached hydrogen (secondary N) is 1. The van der Waals surface area contributed by atoms with Gasteiger partial charge in [-0.15, -0.1) is 0 Å². The molecule has 1 amide bonds. The molecule has 0 aromatic heterocycles. The zero-order chi connectivity index (χ0) is 18.9. The van der Waals surface area contributed by atoms with E-state index in [0.29, 0.717) is 6.42 Å². The molecule has 0 saturated carbocycles. The summed E-state index contributed by atoms with van der Waals surface area (Å²) in [6.07, 6.45) is 0.140. The number of benzene rings is 2. The summed E-state index contributed by atoms with van der Waals surface area (Å²) in [5.74, 6) is 1.45. The molecule has 3 rings (SSSR count). The Balaban J connectivity index is 1.73. The lowest BCUT2D eigenvalue weighted by molar-refractivity contribution is -0.128. The van der Waals surface area contributed by atoms with Gasteiger partial charge in [-0.1, -0.05) is 35.9 Å². The first-order valence-electron chi connectivity index (χ1n) is 9.07. The van der Waals surface area contributed by atoms with Crippen LogP contribution < -0.4 is 14.8 Å². The maximum absolute atomic E-state index is 12.7. The minimum absolute atomic E-state index is 0.0902. The zero-order valence-corrected chi connectivity index (χ0v) is 16.1. The van der Waals surface area contributed by atoms with E-state index in [9.17, 15) is 4.79 Å². The second-order valence-corrected chi connectivity index (χ2v) is 7.69. The van der Waals surface area contributed by atoms with E-state index in [2.05, 4.69) is 11.4 Å². The number of ether oxygens (including phenoxy) is 2. The highest BCUT2D eigenvalue weighted by atomic mass is 16.5. The average molecular weight is 353 g/mol. The number of carbonyl (C=O) groups is 1. The van der Waals surface area contributed by atoms with E-state index in [1.807, 2.05) is 64.1 Å². The second kappa shape index (κ2) is 7.02. The van der Waals surface area contributed by atoms with Crippen molar-refractivity contribution in [3.05, 3.63) is 59.2 Å². The van der Waals surface area contributed by atoms with Gasteiger partial charge in [-0.05, 0) is 52.3 Å². The lowest BCUT2D eigenvalue weighted by Gasteiger charge is -2.38. The molecule has 0 unspecified atom stereocenters. The number of hydrogen-bond acceptors (Lipinski definition) is 3. The van der Waals surface area contributed by atoms with Crippen LogP contribution in [0.15, 0.2) is 42.5 Å². The van der Waals surface area contributed by atoms with Gasteiger partial charge in [-0.3, -0.25) is 4.79 Å². The molecule has 1 aliphatic rings. The van der Waals surface area contributed by atoms with Gasteiger partial charge < -0.3 is 14.8 Å². The van der Waals surface area contributed by atoms with E-state index in [1.165, 1.54) is 5.56 Å². The van der Waals surface area contributed by atoms with Gasteiger partial charge in [0.1, 0.15) is 17.1 Å². The maximum Gasteiger partial charge on any atom is 0.261 e. The van der Waals surface area contributed by atoms with Crippen LogP contribution in [0.3, 0.4) is 0 Å². The van der Waals surface area contributed by atoms with E-state index in [1.54, 1.807) is 6.92 Å². The third-order valence-corrected chi connectivity index (χ3v) is 4.70. The number of carbonyl (C=O) groups excluding carboxylic acids is 1. The number of fused-ring (bicyclic) bond motifs is 1. The SMILES string of the molecule is Cc1ccc(O[C@@H](C)C(=O)N[C@H]2CC(C)(C)Oc3ccccc32)c(C)c1. The molecular weight excluding hydrogens is 326 g/mol. The average Bonchev–Trinajstić information content (AvgIpc) is 2.56. The Kier molecular flexibility index (Phi) is 4.94. The van der Waals surface area contributed by atoms with Gasteiger partial charge in [-0.25, -0.2) is 0 Å². The van der Waals surface area contributed by atoms with Crippen molar-refractivity contribution in [1.82, 2.24) is 5.32 Å². The quantitative estimate of drug-likeness (QED) is 0.881. The Morgan fingerprint density at radius 3 is 2.69 bits per heavy atom. The predicted molar refractivity (Wildman–Crippen MR) is 103 cm³/mol. The lowest BCUT2D eigenvalue weighted by Crippen LogP contribution is -2.44. The summed E-state index contributed by atoms with van der Waals surface area (Å²) >= 11 is 0. The van der Waals surface area contributed by atoms with Gasteiger partial charge in [0.2, 0.25) is 0 Å². The molecule has 0 spiro atoms. The minimum atomic E-state index is -0.575. The summed E-state index contributed by atoms with van der Waals surface area (Å²) in [5.41, 5.74) is 2.89. The summed E-state index contributed by atoms with van der Waals surface area (Å²) < 4.78 is 11.9. The van der Waals surface area contributed by atoms with E-state index >= 15 is 0 Å². The highest BCUT2D eigenvalue weighted by molar-refractivity contribution is 5.81. The van der Waals surface area contributed by atoms with Crippen molar-refractivity contribution in [2.75, 3.05) is 0 Å². The molecule has 2 atom stereocenters. The van der Waals surface area contributed by atoms with Crippen LogP contribution in [0.4, 0.5) is 0 Å². The molecule has 0 bridgehead atoms. The van der Waals surface area contributed by atoms with Gasteiger partial charge in [0, 0.05) is 12.0 Å². The number of amides is 1. The van der Waals surface area contributed by atoms with Crippen molar-refractivity contribution in [3.8, 4) is 11.5 Å². The first-order valence-corrected chi connectivity index (χ1v) is 9.07. The topological polar surface area (TPSA) is 47.6 Å². The number of hydrogen-bond donors (Lipinski definition) is 1. The first kappa shape index (κ1) is 18.3. The Morgan fingerprint density at radius 1 is 1.23 bits per heavy atom. The summed E-state index contributed by atoms with van der Waals surface area (Å²) in [5, 5.41) is 3.14. The zero-order valence-electron chi connectivity index (χ0n) is 16.1. The predicted octanol–water partition coefficient (Wildman–Crippen LogP) is 4.49. The number of aryl methyl sites for hydroxylation is 2. The minimum Gasteiger partial charge on any atom is -0.487 e. The molecule has 138 valence electrons. The number of rotatable bonds is 4. The molecule has 4 heteroatoms. The molecule has 1 aliphatic heterocycles. The maximum atomic E-state index is 12.7. The second-order valence-electron chi connectivity index (χ2n) is 7.69.